The maximum Gasteiger partial charge on any atom is 0.100 e. The zero-order valence-corrected chi connectivity index (χ0v) is 17.3. The van der Waals surface area contributed by atoms with E-state index in [-0.39, 0.29) is 6.04 Å². The van der Waals surface area contributed by atoms with Crippen LogP contribution in [-0.4, -0.2) is 35.7 Å². The van der Waals surface area contributed by atoms with Gasteiger partial charge in [-0.2, -0.15) is 0 Å². The van der Waals surface area contributed by atoms with Crippen LogP contribution in [0.15, 0.2) is 73.1 Å². The highest BCUT2D eigenvalue weighted by Crippen LogP contribution is 2.32. The molecular weight excluding hydrogens is 370 g/mol. The van der Waals surface area contributed by atoms with Crippen LogP contribution in [0.25, 0.3) is 27.8 Å². The molecular formula is C25H27N5. The predicted molar refractivity (Wildman–Crippen MR) is 124 cm³/mol. The molecule has 5 nitrogen and oxygen atoms in total. The van der Waals surface area contributed by atoms with Crippen LogP contribution in [0.3, 0.4) is 0 Å². The minimum atomic E-state index is 0.00404. The number of nitrogens with one attached hydrogen (secondary N) is 1. The lowest BCUT2D eigenvalue weighted by molar-refractivity contribution is 0.589. The van der Waals surface area contributed by atoms with Gasteiger partial charge in [0.05, 0.1) is 11.0 Å². The second-order valence-corrected chi connectivity index (χ2v) is 7.96. The molecule has 2 heterocycles. The van der Waals surface area contributed by atoms with Crippen molar-refractivity contribution in [2.75, 3.05) is 31.1 Å². The molecule has 4 aromatic rings. The van der Waals surface area contributed by atoms with E-state index < -0.39 is 0 Å². The molecule has 0 spiro atoms. The van der Waals surface area contributed by atoms with Crippen LogP contribution in [0, 0.1) is 0 Å². The number of aromatic nitrogens is 2. The zero-order chi connectivity index (χ0) is 20.5. The molecule has 152 valence electrons. The van der Waals surface area contributed by atoms with Crippen LogP contribution >= 0.6 is 0 Å². The van der Waals surface area contributed by atoms with Crippen molar-refractivity contribution in [3.8, 4) is 16.8 Å². The minimum Gasteiger partial charge on any atom is -0.368 e. The van der Waals surface area contributed by atoms with Gasteiger partial charge >= 0.3 is 0 Å². The molecule has 3 N–H and O–H groups in total. The number of hydrogen-bond donors (Lipinski definition) is 2. The van der Waals surface area contributed by atoms with Gasteiger partial charge in [-0.3, -0.25) is 4.57 Å². The van der Waals surface area contributed by atoms with Gasteiger partial charge in [-0.05, 0) is 48.4 Å². The molecule has 0 aliphatic carbocycles. The van der Waals surface area contributed by atoms with E-state index in [4.69, 9.17) is 5.73 Å². The van der Waals surface area contributed by atoms with Crippen LogP contribution < -0.4 is 16.0 Å². The Morgan fingerprint density at radius 2 is 1.80 bits per heavy atom. The first-order chi connectivity index (χ1) is 14.7. The molecule has 3 aromatic carbocycles. The monoisotopic (exact) mass is 397 g/mol. The van der Waals surface area contributed by atoms with Crippen LogP contribution in [0.5, 0.6) is 0 Å². The molecule has 0 bridgehead atoms. The van der Waals surface area contributed by atoms with Gasteiger partial charge in [-0.1, -0.05) is 36.4 Å². The highest BCUT2D eigenvalue weighted by Gasteiger charge is 2.15. The van der Waals surface area contributed by atoms with Gasteiger partial charge in [0.1, 0.15) is 6.33 Å². The van der Waals surface area contributed by atoms with Crippen molar-refractivity contribution in [1.29, 1.82) is 0 Å². The molecule has 0 amide bonds. The van der Waals surface area contributed by atoms with E-state index in [1.165, 1.54) is 16.8 Å². The van der Waals surface area contributed by atoms with E-state index in [1.807, 2.05) is 13.3 Å². The largest absolute Gasteiger partial charge is 0.368 e. The number of anilines is 1. The molecule has 1 atom stereocenters. The first-order valence-corrected chi connectivity index (χ1v) is 10.6. The minimum absolute atomic E-state index is 0.00404. The van der Waals surface area contributed by atoms with E-state index in [2.05, 4.69) is 86.5 Å². The number of nitrogens with zero attached hydrogens (tertiary/aromatic N) is 3. The van der Waals surface area contributed by atoms with Crippen molar-refractivity contribution >= 4 is 16.7 Å². The van der Waals surface area contributed by atoms with Gasteiger partial charge < -0.3 is 16.0 Å². The smallest absolute Gasteiger partial charge is 0.100 e. The number of benzene rings is 3. The third kappa shape index (κ3) is 3.47. The van der Waals surface area contributed by atoms with Gasteiger partial charge in [0.15, 0.2) is 0 Å². The summed E-state index contributed by atoms with van der Waals surface area (Å²) in [5, 5.41) is 3.44. The van der Waals surface area contributed by atoms with Crippen molar-refractivity contribution in [2.24, 2.45) is 5.73 Å². The molecule has 5 heteroatoms. The summed E-state index contributed by atoms with van der Waals surface area (Å²) in [7, 11) is 0. The van der Waals surface area contributed by atoms with Crippen molar-refractivity contribution in [3.05, 3.63) is 78.6 Å². The standard InChI is InChI=1S/C25H27N5/c1-18(26)19-9-10-25-23(16-19)28-17-30(25)21-6-4-5-20(15-21)22-7-2-3-8-24(22)29-13-11-27-12-14-29/h2-10,15-18,27H,11-14,26H2,1H3/t18-/m0/s1. The zero-order valence-electron chi connectivity index (χ0n) is 17.3. The summed E-state index contributed by atoms with van der Waals surface area (Å²) in [4.78, 5) is 7.10. The third-order valence-electron chi connectivity index (χ3n) is 5.89. The SMILES string of the molecule is C[C@H](N)c1ccc2c(c1)ncn2-c1cccc(-c2ccccc2N2CCNCC2)c1. The van der Waals surface area contributed by atoms with Crippen molar-refractivity contribution in [2.45, 2.75) is 13.0 Å². The fraction of sp³-hybridized carbons (Fsp3) is 0.240. The summed E-state index contributed by atoms with van der Waals surface area (Å²) in [6, 6.07) is 23.7. The fourth-order valence-corrected chi connectivity index (χ4v) is 4.24. The molecule has 0 unspecified atom stereocenters. The highest BCUT2D eigenvalue weighted by molar-refractivity contribution is 5.82. The number of piperazine rings is 1. The number of hydrogen-bond acceptors (Lipinski definition) is 4. The van der Waals surface area contributed by atoms with Crippen LogP contribution in [0.1, 0.15) is 18.5 Å². The number of nitrogens with two attached hydrogens (primary N) is 1. The van der Waals surface area contributed by atoms with Crippen LogP contribution in [-0.2, 0) is 0 Å². The predicted octanol–water partition coefficient (Wildman–Crippen LogP) is 4.12. The number of imidazole rings is 1. The van der Waals surface area contributed by atoms with E-state index in [1.54, 1.807) is 0 Å². The molecule has 1 aromatic heterocycles. The maximum atomic E-state index is 6.04. The molecule has 1 aliphatic heterocycles. The Balaban J connectivity index is 1.55. The van der Waals surface area contributed by atoms with Gasteiger partial charge in [0.2, 0.25) is 0 Å². The number of para-hydroxylation sites is 1. The quantitative estimate of drug-likeness (QED) is 0.544. The van der Waals surface area contributed by atoms with E-state index >= 15 is 0 Å². The summed E-state index contributed by atoms with van der Waals surface area (Å²) >= 11 is 0. The maximum absolute atomic E-state index is 6.04. The Morgan fingerprint density at radius 3 is 2.63 bits per heavy atom. The number of fused-ring (bicyclic) bond motifs is 1. The molecule has 1 aliphatic rings. The van der Waals surface area contributed by atoms with Gasteiger partial charge in [0, 0.05) is 49.2 Å². The molecule has 0 saturated carbocycles. The van der Waals surface area contributed by atoms with Gasteiger partial charge in [-0.15, -0.1) is 0 Å². The van der Waals surface area contributed by atoms with E-state index in [0.29, 0.717) is 0 Å². The molecule has 30 heavy (non-hydrogen) atoms. The summed E-state index contributed by atoms with van der Waals surface area (Å²) in [6.45, 7) is 6.12. The van der Waals surface area contributed by atoms with Crippen molar-refractivity contribution in [3.63, 3.8) is 0 Å². The van der Waals surface area contributed by atoms with Gasteiger partial charge in [-0.25, -0.2) is 4.98 Å². The molecule has 0 radical (unpaired) electrons. The Hall–Kier alpha value is -3.15. The summed E-state index contributed by atoms with van der Waals surface area (Å²) in [5.74, 6) is 0. The first kappa shape index (κ1) is 18.9. The second-order valence-electron chi connectivity index (χ2n) is 7.96. The molecule has 5 rings (SSSR count). The lowest BCUT2D eigenvalue weighted by atomic mass is 10.0. The van der Waals surface area contributed by atoms with Crippen molar-refractivity contribution in [1.82, 2.24) is 14.9 Å². The van der Waals surface area contributed by atoms with Crippen LogP contribution in [0.4, 0.5) is 5.69 Å². The molecule has 1 fully saturated rings. The lowest BCUT2D eigenvalue weighted by Gasteiger charge is -2.31. The summed E-state index contributed by atoms with van der Waals surface area (Å²) in [6.07, 6.45) is 1.90. The Bertz CT molecular complexity index is 1170. The lowest BCUT2D eigenvalue weighted by Crippen LogP contribution is -2.43. The Kier molecular flexibility index (Phi) is 4.99. The fourth-order valence-electron chi connectivity index (χ4n) is 4.24. The normalized spacial score (nSPS) is 15.5. The average Bonchev–Trinajstić information content (AvgIpc) is 3.23. The Labute approximate surface area is 177 Å². The second kappa shape index (κ2) is 7.94. The molecule has 1 saturated heterocycles. The first-order valence-electron chi connectivity index (χ1n) is 10.6. The topological polar surface area (TPSA) is 59.1 Å². The van der Waals surface area contributed by atoms with Gasteiger partial charge in [0.25, 0.3) is 0 Å². The van der Waals surface area contributed by atoms with Crippen molar-refractivity contribution < 1.29 is 0 Å². The third-order valence-corrected chi connectivity index (χ3v) is 5.89. The van der Waals surface area contributed by atoms with Crippen LogP contribution in [0.2, 0.25) is 0 Å². The van der Waals surface area contributed by atoms with E-state index in [9.17, 15) is 0 Å². The highest BCUT2D eigenvalue weighted by atomic mass is 15.2. The number of rotatable bonds is 4. The average molecular weight is 398 g/mol. The van der Waals surface area contributed by atoms with E-state index in [0.717, 1.165) is 48.5 Å². The Morgan fingerprint density at radius 1 is 0.967 bits per heavy atom. The summed E-state index contributed by atoms with van der Waals surface area (Å²) in [5.41, 5.74) is 14.1. The summed E-state index contributed by atoms with van der Waals surface area (Å²) < 4.78 is 2.15.